The normalized spacial score (nSPS) is 20.1. The highest BCUT2D eigenvalue weighted by atomic mass is 19.4. The van der Waals surface area contributed by atoms with Crippen LogP contribution >= 0.6 is 0 Å². The fourth-order valence-electron chi connectivity index (χ4n) is 4.28. The maximum Gasteiger partial charge on any atom is 0.391 e. The van der Waals surface area contributed by atoms with Crippen molar-refractivity contribution in [2.24, 2.45) is 11.8 Å². The summed E-state index contributed by atoms with van der Waals surface area (Å²) in [6.45, 7) is 1.99. The van der Waals surface area contributed by atoms with Gasteiger partial charge in [-0.15, -0.1) is 0 Å². The second-order valence-corrected chi connectivity index (χ2v) is 7.96. The van der Waals surface area contributed by atoms with E-state index in [4.69, 9.17) is 4.52 Å². The molecule has 32 heavy (non-hydrogen) atoms. The van der Waals surface area contributed by atoms with Crippen molar-refractivity contribution < 1.29 is 23.9 Å². The highest BCUT2D eigenvalue weighted by Gasteiger charge is 2.42. The van der Waals surface area contributed by atoms with Crippen molar-refractivity contribution >= 4 is 11.6 Å². The Morgan fingerprint density at radius 3 is 2.72 bits per heavy atom. The third-order valence-electron chi connectivity index (χ3n) is 5.95. The van der Waals surface area contributed by atoms with Crippen LogP contribution < -0.4 is 5.32 Å². The minimum Gasteiger partial charge on any atom is -0.354 e. The van der Waals surface area contributed by atoms with Gasteiger partial charge in [0.05, 0.1) is 30.0 Å². The molecule has 1 fully saturated rings. The molecule has 0 aliphatic heterocycles. The number of carbonyl (C=O) groups is 1. The minimum atomic E-state index is -4.12. The predicted molar refractivity (Wildman–Crippen MR) is 111 cm³/mol. The Bertz CT molecular complexity index is 1050. The number of aromatic nitrogens is 5. The predicted octanol–water partition coefficient (Wildman–Crippen LogP) is 5.15. The number of hydrogen-bond acceptors (Lipinski definition) is 6. The molecule has 0 radical (unpaired) electrons. The first-order valence-electron chi connectivity index (χ1n) is 10.5. The molecule has 0 bridgehead atoms. The van der Waals surface area contributed by atoms with Crippen LogP contribution in [0.5, 0.6) is 0 Å². The van der Waals surface area contributed by atoms with Crippen molar-refractivity contribution in [1.82, 2.24) is 24.9 Å². The number of nitrogens with one attached hydrogen (secondary N) is 1. The Morgan fingerprint density at radius 2 is 2.06 bits per heavy atom. The molecule has 1 aliphatic rings. The van der Waals surface area contributed by atoms with E-state index in [2.05, 4.69) is 25.5 Å². The van der Waals surface area contributed by atoms with Gasteiger partial charge in [0.2, 0.25) is 0 Å². The van der Waals surface area contributed by atoms with Gasteiger partial charge in [0, 0.05) is 26.1 Å². The van der Waals surface area contributed by atoms with E-state index >= 15 is 0 Å². The first kappa shape index (κ1) is 22.0. The maximum absolute atomic E-state index is 13.0. The third-order valence-corrected chi connectivity index (χ3v) is 5.95. The molecule has 1 aliphatic carbocycles. The molecule has 3 heterocycles. The lowest BCUT2D eigenvalue weighted by Gasteiger charge is -2.34. The van der Waals surface area contributed by atoms with Crippen LogP contribution in [0.15, 0.2) is 41.6 Å². The largest absolute Gasteiger partial charge is 0.391 e. The second kappa shape index (κ2) is 9.09. The Morgan fingerprint density at radius 1 is 1.28 bits per heavy atom. The molecule has 0 spiro atoms. The fraction of sp³-hybridized carbons (Fsp3) is 0.476. The maximum atomic E-state index is 13.0. The molecule has 1 saturated carbocycles. The topological polar surface area (TPSA) is 98.7 Å². The van der Waals surface area contributed by atoms with Crippen LogP contribution in [0, 0.1) is 11.8 Å². The van der Waals surface area contributed by atoms with Crippen LogP contribution in [-0.4, -0.2) is 37.0 Å². The van der Waals surface area contributed by atoms with Gasteiger partial charge >= 0.3 is 6.18 Å². The lowest BCUT2D eigenvalue weighted by atomic mass is 9.77. The van der Waals surface area contributed by atoms with E-state index < -0.39 is 18.0 Å². The number of nitrogens with zero attached hydrogens (tertiary/aromatic N) is 5. The number of rotatable bonds is 6. The number of anilines is 1. The molecule has 0 aromatic carbocycles. The zero-order valence-corrected chi connectivity index (χ0v) is 17.4. The zero-order chi connectivity index (χ0) is 22.7. The van der Waals surface area contributed by atoms with Crippen molar-refractivity contribution in [1.29, 1.82) is 0 Å². The molecule has 11 heteroatoms. The Hall–Kier alpha value is -3.24. The highest BCUT2D eigenvalue weighted by molar-refractivity contribution is 6.03. The van der Waals surface area contributed by atoms with E-state index in [0.717, 1.165) is 6.42 Å². The van der Waals surface area contributed by atoms with Crippen molar-refractivity contribution in [3.8, 4) is 11.5 Å². The standard InChI is InChI=1S/C21H23F3N6O2.H2/c1-2-18(13-3-5-14(6-4-13)21(22,23)24)30-12-15(10-27-30)28-20(31)16-9-19(32-29-16)17-11-25-7-8-26-17;/h7-14,18H,2-6H2,1H3,(H,28,31);1H. The van der Waals surface area contributed by atoms with Gasteiger partial charge in [-0.2, -0.15) is 18.3 Å². The Labute approximate surface area is 183 Å². The fourth-order valence-corrected chi connectivity index (χ4v) is 4.28. The van der Waals surface area contributed by atoms with Crippen molar-refractivity contribution in [2.45, 2.75) is 51.2 Å². The molecule has 1 amide bonds. The lowest BCUT2D eigenvalue weighted by molar-refractivity contribution is -0.184. The van der Waals surface area contributed by atoms with Gasteiger partial charge in [0.25, 0.3) is 5.91 Å². The summed E-state index contributed by atoms with van der Waals surface area (Å²) in [7, 11) is 0. The van der Waals surface area contributed by atoms with E-state index in [-0.39, 0.29) is 31.9 Å². The Balaban J connectivity index is 0.00000306. The van der Waals surface area contributed by atoms with E-state index in [1.807, 2.05) is 6.92 Å². The molecule has 3 aromatic rings. The summed E-state index contributed by atoms with van der Waals surface area (Å²) in [5.74, 6) is -1.24. The van der Waals surface area contributed by atoms with Crippen LogP contribution in [0.3, 0.4) is 0 Å². The van der Waals surface area contributed by atoms with Gasteiger partial charge in [-0.1, -0.05) is 12.1 Å². The van der Waals surface area contributed by atoms with Crippen molar-refractivity contribution in [2.75, 3.05) is 5.32 Å². The molecular formula is C21H25F3N6O2. The zero-order valence-electron chi connectivity index (χ0n) is 17.4. The van der Waals surface area contributed by atoms with E-state index in [1.165, 1.54) is 30.9 Å². The SMILES string of the molecule is CCC(C1CCC(C(F)(F)F)CC1)n1cc(NC(=O)c2cc(-c3cnccn3)on2)cn1.[HH]. The summed E-state index contributed by atoms with van der Waals surface area (Å²) >= 11 is 0. The van der Waals surface area contributed by atoms with E-state index in [1.54, 1.807) is 10.9 Å². The lowest BCUT2D eigenvalue weighted by Crippen LogP contribution is -2.31. The second-order valence-electron chi connectivity index (χ2n) is 7.96. The summed E-state index contributed by atoms with van der Waals surface area (Å²) in [5.41, 5.74) is 1.01. The van der Waals surface area contributed by atoms with E-state index in [0.29, 0.717) is 30.0 Å². The van der Waals surface area contributed by atoms with Crippen LogP contribution in [0.4, 0.5) is 18.9 Å². The molecular weight excluding hydrogens is 425 g/mol. The van der Waals surface area contributed by atoms with E-state index in [9.17, 15) is 18.0 Å². The number of alkyl halides is 3. The smallest absolute Gasteiger partial charge is 0.354 e. The highest BCUT2D eigenvalue weighted by Crippen LogP contribution is 2.43. The van der Waals surface area contributed by atoms with Gasteiger partial charge in [0.1, 0.15) is 5.69 Å². The molecule has 1 atom stereocenters. The summed E-state index contributed by atoms with van der Waals surface area (Å²) in [5, 5.41) is 10.8. The van der Waals surface area contributed by atoms with Gasteiger partial charge in [-0.05, 0) is 38.0 Å². The van der Waals surface area contributed by atoms with Crippen LogP contribution in [0.25, 0.3) is 11.5 Å². The van der Waals surface area contributed by atoms with Gasteiger partial charge < -0.3 is 9.84 Å². The molecule has 4 rings (SSSR count). The van der Waals surface area contributed by atoms with Crippen LogP contribution in [-0.2, 0) is 0 Å². The average molecular weight is 450 g/mol. The van der Waals surface area contributed by atoms with Crippen LogP contribution in [0.1, 0.15) is 57.0 Å². The number of carbonyl (C=O) groups excluding carboxylic acids is 1. The average Bonchev–Trinajstić information content (AvgIpc) is 3.45. The molecule has 1 unspecified atom stereocenters. The monoisotopic (exact) mass is 450 g/mol. The number of halogens is 3. The van der Waals surface area contributed by atoms with Crippen molar-refractivity contribution in [3.63, 3.8) is 0 Å². The van der Waals surface area contributed by atoms with Crippen LogP contribution in [0.2, 0.25) is 0 Å². The third kappa shape index (κ3) is 4.81. The number of hydrogen-bond donors (Lipinski definition) is 1. The minimum absolute atomic E-state index is 0. The first-order chi connectivity index (χ1) is 15.3. The van der Waals surface area contributed by atoms with Crippen molar-refractivity contribution in [3.05, 3.63) is 42.7 Å². The quantitative estimate of drug-likeness (QED) is 0.558. The molecule has 1 N–H and O–H groups in total. The molecule has 3 aromatic heterocycles. The van der Waals surface area contributed by atoms with Gasteiger partial charge in [0.15, 0.2) is 11.5 Å². The summed E-state index contributed by atoms with van der Waals surface area (Å²) in [4.78, 5) is 20.6. The summed E-state index contributed by atoms with van der Waals surface area (Å²) in [6.07, 6.45) is 5.68. The molecule has 8 nitrogen and oxygen atoms in total. The number of amides is 1. The Kier molecular flexibility index (Phi) is 6.24. The first-order valence-corrected chi connectivity index (χ1v) is 10.5. The van der Waals surface area contributed by atoms with Gasteiger partial charge in [-0.3, -0.25) is 14.5 Å². The van der Waals surface area contributed by atoms with Gasteiger partial charge in [-0.25, -0.2) is 4.98 Å². The molecule has 172 valence electrons. The summed E-state index contributed by atoms with van der Waals surface area (Å²) < 4.78 is 45.8. The summed E-state index contributed by atoms with van der Waals surface area (Å²) in [6, 6.07) is 1.45. The molecule has 0 saturated heterocycles.